The summed E-state index contributed by atoms with van der Waals surface area (Å²) in [5.74, 6) is 0. The third-order valence-corrected chi connectivity index (χ3v) is 0. The second-order valence-corrected chi connectivity index (χ2v) is 0.0816. The number of rotatable bonds is 0. The molecule has 6 nitrogen and oxygen atoms in total. The molecule has 0 aromatic rings. The van der Waals surface area contributed by atoms with Gasteiger partial charge in [-0.2, -0.15) is 0 Å². The van der Waals surface area contributed by atoms with Crippen LogP contribution in [-0.2, 0) is 0 Å². The van der Waals surface area contributed by atoms with Crippen LogP contribution in [0.15, 0.2) is 5.34 Å². The fourth-order valence-corrected chi connectivity index (χ4v) is 0. The summed E-state index contributed by atoms with van der Waals surface area (Å²) in [6, 6.07) is 0. The molecule has 0 aromatic heterocycles. The zero-order valence-corrected chi connectivity index (χ0v) is 2.80. The second-order valence-electron chi connectivity index (χ2n) is 0.0816. The quantitative estimate of drug-likeness (QED) is 0.230. The van der Waals surface area contributed by atoms with E-state index < -0.39 is 0 Å². The number of nitrogens with zero attached hydrogens (tertiary/aromatic N) is 1. The Bertz CT molecular complexity index is 15.6. The van der Waals surface area contributed by atoms with Gasteiger partial charge < -0.3 is 21.6 Å². The van der Waals surface area contributed by atoms with Crippen LogP contribution in [0.5, 0.6) is 0 Å². The molecule has 0 bridgehead atoms. The third kappa shape index (κ3) is 13000. The molecule has 0 saturated heterocycles. The molecule has 0 spiro atoms. The molecule has 0 fully saturated rings. The molecule has 0 amide bonds. The summed E-state index contributed by atoms with van der Waals surface area (Å²) in [6.45, 7) is 0. The summed E-state index contributed by atoms with van der Waals surface area (Å²) in [5.41, 5.74) is 0. The van der Waals surface area contributed by atoms with E-state index in [0.717, 1.165) is 0 Å². The van der Waals surface area contributed by atoms with Crippen molar-refractivity contribution in [1.29, 1.82) is 0 Å². The van der Waals surface area contributed by atoms with E-state index in [1.807, 2.05) is 0 Å². The van der Waals surface area contributed by atoms with Crippen LogP contribution in [0.3, 0.4) is 0 Å². The van der Waals surface area contributed by atoms with Crippen LogP contribution < -0.4 is 0 Å². The number of hydrogen-bond donors (Lipinski definition) is 1. The maximum absolute atomic E-state index is 8.11. The predicted octanol–water partition coefficient (Wildman–Crippen LogP) is -3.52. The minimum absolute atomic E-state index is 0. The van der Waals surface area contributed by atoms with Crippen molar-refractivity contribution < 1.29 is 21.6 Å². The van der Waals surface area contributed by atoms with Crippen molar-refractivity contribution in [3.05, 3.63) is 4.91 Å². The summed E-state index contributed by atoms with van der Waals surface area (Å²) in [5, 5.41) is 7.89. The van der Waals surface area contributed by atoms with Crippen LogP contribution in [-0.4, -0.2) is 41.4 Å². The van der Waals surface area contributed by atoms with E-state index in [1.165, 1.54) is 5.34 Å². The van der Waals surface area contributed by atoms with Gasteiger partial charge in [0.2, 0.25) is 0 Å². The Kier molecular flexibility index (Phi) is 1600. The van der Waals surface area contributed by atoms with Crippen molar-refractivity contribution in [2.45, 2.75) is 0 Å². The molecule has 0 rings (SSSR count). The van der Waals surface area contributed by atoms with Gasteiger partial charge in [0, 0.05) is 0 Å². The maximum atomic E-state index is 8.11. The Morgan fingerprint density at radius 2 is 1.14 bits per heavy atom. The molecule has 0 heterocycles. The van der Waals surface area contributed by atoms with Gasteiger partial charge in [-0.1, -0.05) is 0 Å². The second kappa shape index (κ2) is 170. The summed E-state index contributed by atoms with van der Waals surface area (Å²) < 4.78 is 0. The van der Waals surface area contributed by atoms with E-state index in [4.69, 9.17) is 10.1 Å². The minimum atomic E-state index is 0. The zero-order chi connectivity index (χ0) is 2.71. The Balaban J connectivity index is -0.00000000333. The van der Waals surface area contributed by atoms with Crippen LogP contribution in [0.2, 0.25) is 0 Å². The summed E-state index contributed by atoms with van der Waals surface area (Å²) >= 11 is 0. The van der Waals surface area contributed by atoms with Crippen LogP contribution in [0.4, 0.5) is 0 Å². The van der Waals surface area contributed by atoms with Crippen molar-refractivity contribution in [2.24, 2.45) is 5.34 Å². The molecule has 7 heteroatoms. The monoisotopic (exact) mass is 173 g/mol. The van der Waals surface area contributed by atoms with Crippen molar-refractivity contribution in [3.8, 4) is 0 Å². The molecule has 0 aliphatic heterocycles. The van der Waals surface area contributed by atoms with Crippen molar-refractivity contribution in [2.75, 3.05) is 0 Å². The van der Waals surface area contributed by atoms with Gasteiger partial charge in [-0.15, -0.1) is 4.91 Å². The number of hydrogen-bond acceptors (Lipinski definition) is 2. The van der Waals surface area contributed by atoms with Crippen LogP contribution in [0.1, 0.15) is 0 Å². The fourth-order valence-electron chi connectivity index (χ4n) is 0. The first-order chi connectivity index (χ1) is 1.41. The molecule has 0 atom stereocenters. The molecule has 7 N–H and O–H groups in total. The predicted molar refractivity (Wildman–Crippen MR) is 28.4 cm³/mol. The SMILES string of the molecule is O.O.O.O=NO.[GaH3]. The van der Waals surface area contributed by atoms with Gasteiger partial charge >= 0.3 is 19.8 Å². The van der Waals surface area contributed by atoms with Crippen molar-refractivity contribution in [1.82, 2.24) is 0 Å². The summed E-state index contributed by atoms with van der Waals surface area (Å²) in [7, 11) is 0. The molecular formula is H10GaNO5. The van der Waals surface area contributed by atoms with Crippen LogP contribution in [0, 0.1) is 4.91 Å². The average Bonchev–Trinajstić information content (AvgIpc) is 0.918. The molecule has 0 saturated carbocycles. The molecule has 0 unspecified atom stereocenters. The first-order valence-corrected chi connectivity index (χ1v) is 0.383. The Morgan fingerprint density at radius 3 is 1.14 bits per heavy atom. The van der Waals surface area contributed by atoms with Crippen molar-refractivity contribution >= 4 is 19.8 Å². The van der Waals surface area contributed by atoms with E-state index in [-0.39, 0.29) is 36.2 Å². The molecule has 0 aromatic carbocycles. The molecule has 7 heavy (non-hydrogen) atoms. The third-order valence-electron chi connectivity index (χ3n) is 0. The Labute approximate surface area is 52.4 Å². The average molecular weight is 174 g/mol. The molecular weight excluding hydrogens is 164 g/mol. The van der Waals surface area contributed by atoms with E-state index in [1.54, 1.807) is 0 Å². The van der Waals surface area contributed by atoms with Gasteiger partial charge in [-0.05, 0) is 0 Å². The van der Waals surface area contributed by atoms with Gasteiger partial charge in [0.1, 0.15) is 0 Å². The van der Waals surface area contributed by atoms with Gasteiger partial charge in [-0.25, -0.2) is 0 Å². The molecule has 48 valence electrons. The first kappa shape index (κ1) is 65.9. The molecule has 0 aliphatic rings. The van der Waals surface area contributed by atoms with Crippen molar-refractivity contribution in [3.63, 3.8) is 0 Å². The summed E-state index contributed by atoms with van der Waals surface area (Å²) in [4.78, 5) is 8.11. The Hall–Kier alpha value is -0.0836. The fraction of sp³-hybridized carbons (Fsp3) is 0. The standard InChI is InChI=1S/Ga.HNO2.3H2O.3H/c;2-1-3;;;;;;/h;(H,2,3);3*1H2;;;. The van der Waals surface area contributed by atoms with Crippen LogP contribution in [0.25, 0.3) is 0 Å². The van der Waals surface area contributed by atoms with E-state index in [0.29, 0.717) is 0 Å². The Morgan fingerprint density at radius 1 is 1.14 bits per heavy atom. The first-order valence-electron chi connectivity index (χ1n) is 0.383. The molecule has 0 radical (unpaired) electrons. The van der Waals surface area contributed by atoms with Gasteiger partial charge in [-0.3, -0.25) is 0 Å². The van der Waals surface area contributed by atoms with E-state index >= 15 is 0 Å². The van der Waals surface area contributed by atoms with Gasteiger partial charge in [0.05, 0.1) is 0 Å². The van der Waals surface area contributed by atoms with Crippen LogP contribution >= 0.6 is 0 Å². The van der Waals surface area contributed by atoms with Gasteiger partial charge in [0.25, 0.3) is 0 Å². The van der Waals surface area contributed by atoms with E-state index in [9.17, 15) is 0 Å². The van der Waals surface area contributed by atoms with E-state index in [2.05, 4.69) is 0 Å². The molecule has 0 aliphatic carbocycles. The van der Waals surface area contributed by atoms with Gasteiger partial charge in [0.15, 0.2) is 5.34 Å². The normalized spacial score (nSPS) is 1.71. The summed E-state index contributed by atoms with van der Waals surface area (Å²) in [6.07, 6.45) is 0. The zero-order valence-electron chi connectivity index (χ0n) is 2.80. The topological polar surface area (TPSA) is 144 Å².